The van der Waals surface area contributed by atoms with Crippen molar-refractivity contribution in [3.8, 4) is 17.2 Å². The van der Waals surface area contributed by atoms with Crippen LogP contribution in [-0.4, -0.2) is 31.5 Å². The highest BCUT2D eigenvalue weighted by atomic mass is 16.5. The van der Waals surface area contributed by atoms with Gasteiger partial charge in [-0.2, -0.15) is 10.2 Å². The van der Waals surface area contributed by atoms with E-state index in [0.717, 1.165) is 22.0 Å². The van der Waals surface area contributed by atoms with Crippen LogP contribution in [0, 0.1) is 0 Å². The smallest absolute Gasteiger partial charge is 0.164 e. The van der Waals surface area contributed by atoms with E-state index in [1.807, 2.05) is 42.5 Å². The summed E-state index contributed by atoms with van der Waals surface area (Å²) in [6.07, 6.45) is 5.69. The standard InChI is InChI=1S/C19H18N2O3/c1-22-17-11-19(24-3)18(23-2)10-13(17)8-9-14-12-20-21-16-7-5-4-6-15(14)16/h4-12H,1-3H3/b9-8+. The minimum Gasteiger partial charge on any atom is -0.496 e. The predicted octanol–water partition coefficient (Wildman–Crippen LogP) is 3.83. The van der Waals surface area contributed by atoms with Crippen molar-refractivity contribution in [1.82, 2.24) is 10.2 Å². The van der Waals surface area contributed by atoms with Gasteiger partial charge in [0.1, 0.15) is 5.75 Å². The molecule has 24 heavy (non-hydrogen) atoms. The Morgan fingerprint density at radius 1 is 0.792 bits per heavy atom. The molecule has 1 aromatic heterocycles. The number of benzene rings is 2. The number of methoxy groups -OCH3 is 3. The molecule has 0 amide bonds. The first-order chi connectivity index (χ1) is 11.8. The zero-order valence-corrected chi connectivity index (χ0v) is 13.8. The van der Waals surface area contributed by atoms with Crippen LogP contribution < -0.4 is 14.2 Å². The molecule has 122 valence electrons. The first kappa shape index (κ1) is 15.8. The SMILES string of the molecule is COc1cc(OC)c(OC)cc1/C=C/c1cnnc2ccccc12. The Kier molecular flexibility index (Phi) is 4.61. The number of aromatic nitrogens is 2. The summed E-state index contributed by atoms with van der Waals surface area (Å²) in [5, 5.41) is 9.23. The summed E-state index contributed by atoms with van der Waals surface area (Å²) in [5.74, 6) is 1.98. The monoisotopic (exact) mass is 322 g/mol. The lowest BCUT2D eigenvalue weighted by atomic mass is 10.1. The summed E-state index contributed by atoms with van der Waals surface area (Å²) < 4.78 is 16.1. The topological polar surface area (TPSA) is 53.5 Å². The van der Waals surface area contributed by atoms with Crippen LogP contribution in [0.1, 0.15) is 11.1 Å². The van der Waals surface area contributed by atoms with E-state index in [0.29, 0.717) is 17.2 Å². The predicted molar refractivity (Wildman–Crippen MR) is 94.6 cm³/mol. The van der Waals surface area contributed by atoms with Gasteiger partial charge in [-0.25, -0.2) is 0 Å². The molecule has 0 atom stereocenters. The van der Waals surface area contributed by atoms with E-state index >= 15 is 0 Å². The third-order valence-electron chi connectivity index (χ3n) is 3.76. The molecule has 0 aliphatic rings. The van der Waals surface area contributed by atoms with Crippen molar-refractivity contribution in [2.45, 2.75) is 0 Å². The van der Waals surface area contributed by atoms with E-state index in [-0.39, 0.29) is 0 Å². The quantitative estimate of drug-likeness (QED) is 0.714. The van der Waals surface area contributed by atoms with E-state index in [1.165, 1.54) is 0 Å². The average molecular weight is 322 g/mol. The molecule has 0 bridgehead atoms. The van der Waals surface area contributed by atoms with Gasteiger partial charge in [0.25, 0.3) is 0 Å². The van der Waals surface area contributed by atoms with Crippen molar-refractivity contribution < 1.29 is 14.2 Å². The van der Waals surface area contributed by atoms with Crippen molar-refractivity contribution in [3.05, 3.63) is 53.7 Å². The van der Waals surface area contributed by atoms with Gasteiger partial charge < -0.3 is 14.2 Å². The highest BCUT2D eigenvalue weighted by Crippen LogP contribution is 2.35. The molecular formula is C19H18N2O3. The molecule has 0 N–H and O–H groups in total. The van der Waals surface area contributed by atoms with Gasteiger partial charge in [-0.1, -0.05) is 30.4 Å². The van der Waals surface area contributed by atoms with Crippen LogP contribution in [0.4, 0.5) is 0 Å². The highest BCUT2D eigenvalue weighted by molar-refractivity contribution is 5.90. The Morgan fingerprint density at radius 3 is 2.21 bits per heavy atom. The van der Waals surface area contributed by atoms with Gasteiger partial charge in [-0.3, -0.25) is 0 Å². The number of hydrogen-bond acceptors (Lipinski definition) is 5. The molecule has 3 aromatic rings. The summed E-state index contributed by atoms with van der Waals surface area (Å²) in [4.78, 5) is 0. The molecule has 3 rings (SSSR count). The maximum Gasteiger partial charge on any atom is 0.164 e. The first-order valence-electron chi connectivity index (χ1n) is 7.45. The lowest BCUT2D eigenvalue weighted by Gasteiger charge is -2.12. The maximum absolute atomic E-state index is 5.45. The lowest BCUT2D eigenvalue weighted by Crippen LogP contribution is -1.94. The van der Waals surface area contributed by atoms with Crippen molar-refractivity contribution in [3.63, 3.8) is 0 Å². The molecule has 0 radical (unpaired) electrons. The molecule has 5 nitrogen and oxygen atoms in total. The van der Waals surface area contributed by atoms with Crippen molar-refractivity contribution in [1.29, 1.82) is 0 Å². The summed E-state index contributed by atoms with van der Waals surface area (Å²) >= 11 is 0. The molecule has 5 heteroatoms. The second-order valence-corrected chi connectivity index (χ2v) is 5.10. The molecule has 0 fully saturated rings. The number of hydrogen-bond donors (Lipinski definition) is 0. The Bertz CT molecular complexity index is 886. The van der Waals surface area contributed by atoms with E-state index in [2.05, 4.69) is 10.2 Å². The number of fused-ring (bicyclic) bond motifs is 1. The lowest BCUT2D eigenvalue weighted by molar-refractivity contribution is 0.348. The van der Waals surface area contributed by atoms with Gasteiger partial charge in [0.15, 0.2) is 11.5 Å². The summed E-state index contributed by atoms with van der Waals surface area (Å²) in [5.41, 5.74) is 2.73. The van der Waals surface area contributed by atoms with Crippen LogP contribution >= 0.6 is 0 Å². The molecule has 1 heterocycles. The van der Waals surface area contributed by atoms with Crippen LogP contribution in [-0.2, 0) is 0 Å². The summed E-state index contributed by atoms with van der Waals surface area (Å²) in [6.45, 7) is 0. The fourth-order valence-corrected chi connectivity index (χ4v) is 2.52. The molecule has 0 saturated carbocycles. The van der Waals surface area contributed by atoms with Crippen molar-refractivity contribution >= 4 is 23.1 Å². The third kappa shape index (κ3) is 3.01. The van der Waals surface area contributed by atoms with E-state index in [1.54, 1.807) is 33.6 Å². The van der Waals surface area contributed by atoms with E-state index in [9.17, 15) is 0 Å². The van der Waals surface area contributed by atoms with Gasteiger partial charge in [-0.15, -0.1) is 0 Å². The summed E-state index contributed by atoms with van der Waals surface area (Å²) in [7, 11) is 4.83. The van der Waals surface area contributed by atoms with E-state index in [4.69, 9.17) is 14.2 Å². The maximum atomic E-state index is 5.45. The Labute approximate surface area is 140 Å². The molecular weight excluding hydrogens is 304 g/mol. The summed E-state index contributed by atoms with van der Waals surface area (Å²) in [6, 6.07) is 11.6. The molecule has 2 aromatic carbocycles. The molecule has 0 saturated heterocycles. The van der Waals surface area contributed by atoms with Gasteiger partial charge in [0, 0.05) is 22.6 Å². The fraction of sp³-hybridized carbons (Fsp3) is 0.158. The fourth-order valence-electron chi connectivity index (χ4n) is 2.52. The normalized spacial score (nSPS) is 11.0. The van der Waals surface area contributed by atoms with Gasteiger partial charge in [-0.05, 0) is 12.1 Å². The van der Waals surface area contributed by atoms with Crippen molar-refractivity contribution in [2.75, 3.05) is 21.3 Å². The number of rotatable bonds is 5. The zero-order chi connectivity index (χ0) is 16.9. The Morgan fingerprint density at radius 2 is 1.46 bits per heavy atom. The molecule has 0 spiro atoms. The van der Waals surface area contributed by atoms with Crippen LogP contribution in [0.25, 0.3) is 23.1 Å². The largest absolute Gasteiger partial charge is 0.496 e. The molecule has 0 aliphatic heterocycles. The second-order valence-electron chi connectivity index (χ2n) is 5.10. The van der Waals surface area contributed by atoms with Gasteiger partial charge in [0.05, 0.1) is 33.0 Å². The van der Waals surface area contributed by atoms with Crippen LogP contribution in [0.2, 0.25) is 0 Å². The van der Waals surface area contributed by atoms with E-state index < -0.39 is 0 Å². The Hall–Kier alpha value is -3.08. The minimum absolute atomic E-state index is 0.627. The number of nitrogens with zero attached hydrogens (tertiary/aromatic N) is 2. The van der Waals surface area contributed by atoms with Crippen molar-refractivity contribution in [2.24, 2.45) is 0 Å². The average Bonchev–Trinajstić information content (AvgIpc) is 2.65. The second kappa shape index (κ2) is 7.00. The zero-order valence-electron chi connectivity index (χ0n) is 13.8. The van der Waals surface area contributed by atoms with Crippen LogP contribution in [0.15, 0.2) is 42.6 Å². The minimum atomic E-state index is 0.627. The van der Waals surface area contributed by atoms with Crippen LogP contribution in [0.3, 0.4) is 0 Å². The van der Waals surface area contributed by atoms with Gasteiger partial charge in [0.2, 0.25) is 0 Å². The first-order valence-corrected chi connectivity index (χ1v) is 7.45. The van der Waals surface area contributed by atoms with Gasteiger partial charge >= 0.3 is 0 Å². The molecule has 0 unspecified atom stereocenters. The Balaban J connectivity index is 2.05. The van der Waals surface area contributed by atoms with Crippen LogP contribution in [0.5, 0.6) is 17.2 Å². The highest BCUT2D eigenvalue weighted by Gasteiger charge is 2.10. The number of ether oxygens (including phenoxy) is 3. The third-order valence-corrected chi connectivity index (χ3v) is 3.76. The molecule has 0 aliphatic carbocycles.